The quantitative estimate of drug-likeness (QED) is 0.314. The maximum Gasteiger partial charge on any atom is 0.191 e. The molecule has 0 spiro atoms. The molecule has 5 nitrogen and oxygen atoms in total. The zero-order chi connectivity index (χ0) is 17.5. The molecule has 0 saturated heterocycles. The number of thiazole rings is 1. The molecule has 0 aliphatic rings. The van der Waals surface area contributed by atoms with Crippen LogP contribution in [0.4, 0.5) is 0 Å². The van der Waals surface area contributed by atoms with E-state index in [2.05, 4.69) is 33.0 Å². The van der Waals surface area contributed by atoms with E-state index in [0.29, 0.717) is 0 Å². The Labute approximate surface area is 161 Å². The van der Waals surface area contributed by atoms with Gasteiger partial charge in [-0.3, -0.25) is 0 Å². The fourth-order valence-corrected chi connectivity index (χ4v) is 5.33. The molecule has 4 heterocycles. The van der Waals surface area contributed by atoms with Gasteiger partial charge < -0.3 is 0 Å². The lowest BCUT2D eigenvalue weighted by Crippen LogP contribution is -1.98. The summed E-state index contributed by atoms with van der Waals surface area (Å²) in [5, 5.41) is 11.7. The zero-order valence-corrected chi connectivity index (χ0v) is 16.2. The van der Waals surface area contributed by atoms with Crippen molar-refractivity contribution in [3.8, 4) is 9.88 Å². The number of hydrogen-bond acceptors (Lipinski definition) is 7. The molecule has 4 aromatic heterocycles. The van der Waals surface area contributed by atoms with Gasteiger partial charge in [-0.05, 0) is 30.5 Å². The highest BCUT2D eigenvalue weighted by atomic mass is 32.2. The maximum absolute atomic E-state index is 4.79. The molecule has 5 aromatic rings. The molecule has 0 aliphatic carbocycles. The topological polar surface area (TPSA) is 56.0 Å². The van der Waals surface area contributed by atoms with Gasteiger partial charge >= 0.3 is 0 Å². The standard InChI is InChI=1S/C18H13N5S3/c1-11-19-16-13-5-2-3-6-14(13)21-18(23(16)22-11)26-10-12-9-25-17(20-12)15-7-4-8-24-15/h2-9H,10H2,1H3. The van der Waals surface area contributed by atoms with Crippen molar-refractivity contribution >= 4 is 51.0 Å². The van der Waals surface area contributed by atoms with Gasteiger partial charge in [-0.2, -0.15) is 4.52 Å². The molecule has 0 saturated carbocycles. The summed E-state index contributed by atoms with van der Waals surface area (Å²) in [6.45, 7) is 1.91. The number of fused-ring (bicyclic) bond motifs is 3. The summed E-state index contributed by atoms with van der Waals surface area (Å²) >= 11 is 5.04. The van der Waals surface area contributed by atoms with Crippen LogP contribution in [0, 0.1) is 6.92 Å². The molecule has 0 N–H and O–H groups in total. The highest BCUT2D eigenvalue weighted by Gasteiger charge is 2.13. The van der Waals surface area contributed by atoms with Crippen LogP contribution in [0.25, 0.3) is 26.4 Å². The Hall–Kier alpha value is -2.29. The predicted molar refractivity (Wildman–Crippen MR) is 108 cm³/mol. The Bertz CT molecular complexity index is 1210. The number of rotatable bonds is 4. The fourth-order valence-electron chi connectivity index (χ4n) is 2.75. The molecule has 1 aromatic carbocycles. The van der Waals surface area contributed by atoms with E-state index in [-0.39, 0.29) is 0 Å². The molecule has 0 fully saturated rings. The number of para-hydroxylation sites is 1. The van der Waals surface area contributed by atoms with Crippen molar-refractivity contribution in [3.63, 3.8) is 0 Å². The third-order valence-electron chi connectivity index (χ3n) is 3.89. The Kier molecular flexibility index (Phi) is 3.96. The van der Waals surface area contributed by atoms with Gasteiger partial charge in [-0.15, -0.1) is 27.8 Å². The largest absolute Gasteiger partial charge is 0.239 e. The second kappa shape index (κ2) is 6.46. The molecule has 0 aliphatic heterocycles. The summed E-state index contributed by atoms with van der Waals surface area (Å²) in [6.07, 6.45) is 0. The van der Waals surface area contributed by atoms with Crippen LogP contribution in [0.2, 0.25) is 0 Å². The van der Waals surface area contributed by atoms with Crippen LogP contribution in [-0.4, -0.2) is 24.6 Å². The van der Waals surface area contributed by atoms with Gasteiger partial charge in [0, 0.05) is 16.5 Å². The van der Waals surface area contributed by atoms with E-state index in [9.17, 15) is 0 Å². The van der Waals surface area contributed by atoms with E-state index in [1.807, 2.05) is 35.7 Å². The Morgan fingerprint density at radius 3 is 2.85 bits per heavy atom. The van der Waals surface area contributed by atoms with Crippen LogP contribution in [0.1, 0.15) is 11.5 Å². The van der Waals surface area contributed by atoms with Gasteiger partial charge in [-0.25, -0.2) is 15.0 Å². The minimum Gasteiger partial charge on any atom is -0.239 e. The van der Waals surface area contributed by atoms with Crippen molar-refractivity contribution < 1.29 is 0 Å². The molecule has 5 rings (SSSR count). The third-order valence-corrected chi connectivity index (χ3v) is 6.78. The number of thiophene rings is 1. The van der Waals surface area contributed by atoms with Crippen molar-refractivity contribution in [1.82, 2.24) is 24.6 Å². The lowest BCUT2D eigenvalue weighted by atomic mass is 10.2. The second-order valence-electron chi connectivity index (χ2n) is 5.72. The van der Waals surface area contributed by atoms with E-state index in [1.165, 1.54) is 4.88 Å². The molecule has 0 radical (unpaired) electrons. The van der Waals surface area contributed by atoms with Gasteiger partial charge in [0.1, 0.15) is 10.8 Å². The predicted octanol–water partition coefficient (Wildman–Crippen LogP) is 5.06. The second-order valence-corrected chi connectivity index (χ2v) is 8.46. The Morgan fingerprint density at radius 1 is 1.04 bits per heavy atom. The summed E-state index contributed by atoms with van der Waals surface area (Å²) in [7, 11) is 0. The van der Waals surface area contributed by atoms with E-state index >= 15 is 0 Å². The van der Waals surface area contributed by atoms with Crippen LogP contribution in [0.15, 0.2) is 52.3 Å². The molecule has 0 unspecified atom stereocenters. The Balaban J connectivity index is 1.49. The maximum atomic E-state index is 4.79. The molecule has 26 heavy (non-hydrogen) atoms. The first-order chi connectivity index (χ1) is 12.8. The van der Waals surface area contributed by atoms with Gasteiger partial charge in [0.15, 0.2) is 10.8 Å². The first-order valence-corrected chi connectivity index (χ1v) is 10.8. The molecule has 0 atom stereocenters. The van der Waals surface area contributed by atoms with Gasteiger partial charge in [0.05, 0.1) is 16.1 Å². The van der Waals surface area contributed by atoms with Crippen LogP contribution in [0.3, 0.4) is 0 Å². The number of thioether (sulfide) groups is 1. The van der Waals surface area contributed by atoms with Crippen molar-refractivity contribution in [1.29, 1.82) is 0 Å². The first-order valence-electron chi connectivity index (χ1n) is 8.01. The molecular weight excluding hydrogens is 382 g/mol. The molecule has 8 heteroatoms. The van der Waals surface area contributed by atoms with Gasteiger partial charge in [0.2, 0.25) is 0 Å². The monoisotopic (exact) mass is 395 g/mol. The van der Waals surface area contributed by atoms with E-state index < -0.39 is 0 Å². The number of hydrogen-bond donors (Lipinski definition) is 0. The minimum atomic E-state index is 0.749. The lowest BCUT2D eigenvalue weighted by molar-refractivity contribution is 0.796. The Morgan fingerprint density at radius 2 is 1.96 bits per heavy atom. The van der Waals surface area contributed by atoms with Crippen molar-refractivity contribution in [2.45, 2.75) is 17.8 Å². The number of aryl methyl sites for hydroxylation is 1. The van der Waals surface area contributed by atoms with E-state index in [1.54, 1.807) is 34.4 Å². The van der Waals surface area contributed by atoms with E-state index in [4.69, 9.17) is 9.97 Å². The smallest absolute Gasteiger partial charge is 0.191 e. The highest BCUT2D eigenvalue weighted by Crippen LogP contribution is 2.31. The molecule has 0 bridgehead atoms. The van der Waals surface area contributed by atoms with E-state index in [0.717, 1.165) is 44.0 Å². The average Bonchev–Trinajstić information content (AvgIpc) is 3.39. The van der Waals surface area contributed by atoms with Crippen LogP contribution in [0.5, 0.6) is 0 Å². The summed E-state index contributed by atoms with van der Waals surface area (Å²) in [5.41, 5.74) is 2.85. The first kappa shape index (κ1) is 15.9. The summed E-state index contributed by atoms with van der Waals surface area (Å²) in [4.78, 5) is 15.3. The summed E-state index contributed by atoms with van der Waals surface area (Å²) in [6, 6.07) is 12.2. The van der Waals surface area contributed by atoms with Crippen LogP contribution >= 0.6 is 34.4 Å². The lowest BCUT2D eigenvalue weighted by Gasteiger charge is -2.05. The minimum absolute atomic E-state index is 0.749. The fraction of sp³-hybridized carbons (Fsp3) is 0.111. The van der Waals surface area contributed by atoms with Gasteiger partial charge in [-0.1, -0.05) is 30.0 Å². The number of aromatic nitrogens is 5. The molecule has 0 amide bonds. The number of nitrogens with zero attached hydrogens (tertiary/aromatic N) is 5. The molecule has 128 valence electrons. The van der Waals surface area contributed by atoms with Gasteiger partial charge in [0.25, 0.3) is 0 Å². The number of benzene rings is 1. The zero-order valence-electron chi connectivity index (χ0n) is 13.8. The third kappa shape index (κ3) is 2.80. The SMILES string of the molecule is Cc1nc2c3ccccc3nc(SCc3csc(-c4cccs4)n3)n2n1. The average molecular weight is 396 g/mol. The summed E-state index contributed by atoms with van der Waals surface area (Å²) < 4.78 is 1.84. The van der Waals surface area contributed by atoms with Crippen molar-refractivity contribution in [2.75, 3.05) is 0 Å². The summed E-state index contributed by atoms with van der Waals surface area (Å²) in [5.74, 6) is 1.50. The normalized spacial score (nSPS) is 11.6. The van der Waals surface area contributed by atoms with Crippen molar-refractivity contribution in [3.05, 3.63) is 58.7 Å². The van der Waals surface area contributed by atoms with Crippen LogP contribution < -0.4 is 0 Å². The highest BCUT2D eigenvalue weighted by molar-refractivity contribution is 7.98. The molecular formula is C18H13N5S3. The van der Waals surface area contributed by atoms with Crippen LogP contribution in [-0.2, 0) is 5.75 Å². The van der Waals surface area contributed by atoms with Crippen molar-refractivity contribution in [2.24, 2.45) is 0 Å².